The Balaban J connectivity index is 1.88. The molecule has 0 bridgehead atoms. The Morgan fingerprint density at radius 2 is 1.58 bits per heavy atom. The fourth-order valence-electron chi connectivity index (χ4n) is 2.80. The van der Waals surface area contributed by atoms with E-state index in [0.29, 0.717) is 5.56 Å². The van der Waals surface area contributed by atoms with Crippen molar-refractivity contribution in [1.82, 2.24) is 15.0 Å². The Bertz CT molecular complexity index is 1030. The normalized spacial score (nSPS) is 10.9. The van der Waals surface area contributed by atoms with Crippen LogP contribution in [0.2, 0.25) is 0 Å². The molecule has 4 rings (SSSR count). The zero-order chi connectivity index (χ0) is 16.5. The molecule has 0 N–H and O–H groups in total. The zero-order valence-electron chi connectivity index (χ0n) is 13.1. The number of aromatic nitrogens is 3. The highest BCUT2D eigenvalue weighted by Gasteiger charge is 2.09. The second-order valence-corrected chi connectivity index (χ2v) is 5.65. The third-order valence-electron chi connectivity index (χ3n) is 4.08. The SMILES string of the molecule is Cc1cc(-c2ncnc3cc(-c4ccncc4)ccc23)ccc1F. The van der Waals surface area contributed by atoms with Crippen molar-refractivity contribution >= 4 is 10.9 Å². The van der Waals surface area contributed by atoms with E-state index in [0.717, 1.165) is 33.3 Å². The molecule has 0 saturated heterocycles. The van der Waals surface area contributed by atoms with Crippen molar-refractivity contribution in [3.63, 3.8) is 0 Å². The largest absolute Gasteiger partial charge is 0.265 e. The minimum absolute atomic E-state index is 0.211. The van der Waals surface area contributed by atoms with E-state index in [4.69, 9.17) is 0 Å². The quantitative estimate of drug-likeness (QED) is 0.533. The van der Waals surface area contributed by atoms with E-state index in [1.54, 1.807) is 31.7 Å². The topological polar surface area (TPSA) is 38.7 Å². The second kappa shape index (κ2) is 5.81. The van der Waals surface area contributed by atoms with Crippen LogP contribution >= 0.6 is 0 Å². The number of hydrogen-bond acceptors (Lipinski definition) is 3. The van der Waals surface area contributed by atoms with E-state index in [-0.39, 0.29) is 5.82 Å². The van der Waals surface area contributed by atoms with Gasteiger partial charge in [0, 0.05) is 23.3 Å². The van der Waals surface area contributed by atoms with Gasteiger partial charge in [-0.1, -0.05) is 6.07 Å². The van der Waals surface area contributed by atoms with Gasteiger partial charge in [0.15, 0.2) is 0 Å². The maximum atomic E-state index is 13.5. The number of hydrogen-bond donors (Lipinski definition) is 0. The monoisotopic (exact) mass is 315 g/mol. The number of aryl methyl sites for hydroxylation is 1. The summed E-state index contributed by atoms with van der Waals surface area (Å²) in [6.07, 6.45) is 5.09. The van der Waals surface area contributed by atoms with Crippen LogP contribution in [0.15, 0.2) is 67.3 Å². The molecule has 0 atom stereocenters. The van der Waals surface area contributed by atoms with E-state index in [2.05, 4.69) is 15.0 Å². The van der Waals surface area contributed by atoms with Crippen LogP contribution in [0.5, 0.6) is 0 Å². The predicted molar refractivity (Wildman–Crippen MR) is 92.9 cm³/mol. The van der Waals surface area contributed by atoms with Gasteiger partial charge >= 0.3 is 0 Å². The molecule has 116 valence electrons. The number of pyridine rings is 1. The third kappa shape index (κ3) is 2.52. The summed E-state index contributed by atoms with van der Waals surface area (Å²) in [6, 6.07) is 15.1. The summed E-state index contributed by atoms with van der Waals surface area (Å²) < 4.78 is 13.5. The van der Waals surface area contributed by atoms with Crippen LogP contribution in [0.4, 0.5) is 4.39 Å². The van der Waals surface area contributed by atoms with Crippen molar-refractivity contribution in [2.24, 2.45) is 0 Å². The molecule has 0 aliphatic carbocycles. The van der Waals surface area contributed by atoms with Gasteiger partial charge in [0.25, 0.3) is 0 Å². The van der Waals surface area contributed by atoms with Gasteiger partial charge in [0.05, 0.1) is 11.2 Å². The average Bonchev–Trinajstić information content (AvgIpc) is 2.64. The number of fused-ring (bicyclic) bond motifs is 1. The van der Waals surface area contributed by atoms with Gasteiger partial charge in [-0.05, 0) is 66.1 Å². The van der Waals surface area contributed by atoms with Crippen molar-refractivity contribution in [1.29, 1.82) is 0 Å². The Morgan fingerprint density at radius 3 is 2.38 bits per heavy atom. The number of benzene rings is 2. The summed E-state index contributed by atoms with van der Waals surface area (Å²) in [5.41, 5.74) is 5.32. The highest BCUT2D eigenvalue weighted by molar-refractivity contribution is 5.94. The van der Waals surface area contributed by atoms with Crippen LogP contribution in [0.1, 0.15) is 5.56 Å². The lowest BCUT2D eigenvalue weighted by Crippen LogP contribution is -1.91. The van der Waals surface area contributed by atoms with E-state index < -0.39 is 0 Å². The fraction of sp³-hybridized carbons (Fsp3) is 0.0500. The zero-order valence-corrected chi connectivity index (χ0v) is 13.1. The van der Waals surface area contributed by atoms with Crippen LogP contribution in [0, 0.1) is 12.7 Å². The van der Waals surface area contributed by atoms with Gasteiger partial charge in [-0.2, -0.15) is 0 Å². The number of halogens is 1. The van der Waals surface area contributed by atoms with Gasteiger partial charge in [-0.25, -0.2) is 14.4 Å². The third-order valence-corrected chi connectivity index (χ3v) is 4.08. The van der Waals surface area contributed by atoms with Crippen molar-refractivity contribution in [2.45, 2.75) is 6.92 Å². The van der Waals surface area contributed by atoms with Crippen LogP contribution in [-0.2, 0) is 0 Å². The van der Waals surface area contributed by atoms with Crippen LogP contribution < -0.4 is 0 Å². The van der Waals surface area contributed by atoms with Crippen molar-refractivity contribution < 1.29 is 4.39 Å². The minimum atomic E-state index is -0.211. The first-order valence-corrected chi connectivity index (χ1v) is 7.64. The molecule has 0 amide bonds. The maximum Gasteiger partial charge on any atom is 0.126 e. The Hall–Kier alpha value is -3.14. The number of nitrogens with zero attached hydrogens (tertiary/aromatic N) is 3. The molecule has 4 aromatic rings. The predicted octanol–water partition coefficient (Wildman–Crippen LogP) is 4.81. The molecule has 2 heterocycles. The lowest BCUT2D eigenvalue weighted by Gasteiger charge is -2.08. The summed E-state index contributed by atoms with van der Waals surface area (Å²) in [7, 11) is 0. The lowest BCUT2D eigenvalue weighted by molar-refractivity contribution is 0.619. The molecule has 0 saturated carbocycles. The Kier molecular flexibility index (Phi) is 3.50. The van der Waals surface area contributed by atoms with Gasteiger partial charge in [-0.3, -0.25) is 4.98 Å². The molecule has 2 aromatic heterocycles. The van der Waals surface area contributed by atoms with Gasteiger partial charge in [0.2, 0.25) is 0 Å². The van der Waals surface area contributed by atoms with Crippen LogP contribution in [0.25, 0.3) is 33.3 Å². The average molecular weight is 315 g/mol. The van der Waals surface area contributed by atoms with Gasteiger partial charge in [-0.15, -0.1) is 0 Å². The smallest absolute Gasteiger partial charge is 0.126 e. The van der Waals surface area contributed by atoms with Gasteiger partial charge in [0.1, 0.15) is 12.1 Å². The highest BCUT2D eigenvalue weighted by Crippen LogP contribution is 2.29. The molecule has 0 unspecified atom stereocenters. The van der Waals surface area contributed by atoms with Crippen LogP contribution in [-0.4, -0.2) is 15.0 Å². The molecule has 0 aliphatic heterocycles. The molecule has 24 heavy (non-hydrogen) atoms. The lowest BCUT2D eigenvalue weighted by atomic mass is 10.0. The first-order chi connectivity index (χ1) is 11.7. The van der Waals surface area contributed by atoms with Crippen molar-refractivity contribution in [3.05, 3.63) is 78.6 Å². The molecular formula is C20H14FN3. The van der Waals surface area contributed by atoms with Gasteiger partial charge < -0.3 is 0 Å². The van der Waals surface area contributed by atoms with Crippen molar-refractivity contribution in [3.8, 4) is 22.4 Å². The Labute approximate surface area is 138 Å². The van der Waals surface area contributed by atoms with E-state index in [9.17, 15) is 4.39 Å². The molecule has 0 radical (unpaired) electrons. The molecule has 0 aliphatic rings. The summed E-state index contributed by atoms with van der Waals surface area (Å²) in [6.45, 7) is 1.75. The van der Waals surface area contributed by atoms with E-state index >= 15 is 0 Å². The van der Waals surface area contributed by atoms with E-state index in [1.165, 1.54) is 6.07 Å². The fourth-order valence-corrected chi connectivity index (χ4v) is 2.80. The molecule has 4 heteroatoms. The highest BCUT2D eigenvalue weighted by atomic mass is 19.1. The second-order valence-electron chi connectivity index (χ2n) is 5.65. The number of rotatable bonds is 2. The molecule has 0 fully saturated rings. The summed E-state index contributed by atoms with van der Waals surface area (Å²) in [5.74, 6) is -0.211. The first kappa shape index (κ1) is 14.5. The van der Waals surface area contributed by atoms with Crippen molar-refractivity contribution in [2.75, 3.05) is 0 Å². The summed E-state index contributed by atoms with van der Waals surface area (Å²) in [4.78, 5) is 12.8. The summed E-state index contributed by atoms with van der Waals surface area (Å²) in [5, 5.41) is 0.946. The first-order valence-electron chi connectivity index (χ1n) is 7.64. The Morgan fingerprint density at radius 1 is 0.792 bits per heavy atom. The maximum absolute atomic E-state index is 13.5. The summed E-state index contributed by atoms with van der Waals surface area (Å²) >= 11 is 0. The minimum Gasteiger partial charge on any atom is -0.265 e. The van der Waals surface area contributed by atoms with E-state index in [1.807, 2.05) is 36.4 Å². The molecule has 0 spiro atoms. The van der Waals surface area contributed by atoms with Crippen LogP contribution in [0.3, 0.4) is 0 Å². The molecule has 3 nitrogen and oxygen atoms in total. The standard InChI is InChI=1S/C20H14FN3/c1-13-10-16(3-5-18(13)21)20-17-4-2-15(11-19(17)23-12-24-20)14-6-8-22-9-7-14/h2-12H,1H3. The molecular weight excluding hydrogens is 301 g/mol. The molecule has 2 aromatic carbocycles.